The van der Waals surface area contributed by atoms with Crippen molar-refractivity contribution in [3.05, 3.63) is 22.6 Å². The lowest BCUT2D eigenvalue weighted by Gasteiger charge is -2.27. The lowest BCUT2D eigenvalue weighted by atomic mass is 10.1. The van der Waals surface area contributed by atoms with E-state index in [1.54, 1.807) is 12.3 Å². The maximum absolute atomic E-state index is 12.6. The van der Waals surface area contributed by atoms with E-state index < -0.39 is 0 Å². The molecule has 1 aromatic rings. The summed E-state index contributed by atoms with van der Waals surface area (Å²) >= 11 is 3.28. The Morgan fingerprint density at radius 1 is 1.63 bits per heavy atom. The Morgan fingerprint density at radius 2 is 2.42 bits per heavy atom. The van der Waals surface area contributed by atoms with Gasteiger partial charge in [-0.3, -0.25) is 4.79 Å². The van der Waals surface area contributed by atoms with Crippen LogP contribution in [-0.2, 0) is 0 Å². The zero-order valence-electron chi connectivity index (χ0n) is 11.5. The van der Waals surface area contributed by atoms with Crippen molar-refractivity contribution >= 4 is 21.8 Å². The van der Waals surface area contributed by atoms with Gasteiger partial charge in [-0.2, -0.15) is 0 Å². The van der Waals surface area contributed by atoms with Crippen LogP contribution in [0.25, 0.3) is 0 Å². The molecule has 1 aliphatic heterocycles. The van der Waals surface area contributed by atoms with Gasteiger partial charge in [0, 0.05) is 19.1 Å². The number of rotatable bonds is 5. The summed E-state index contributed by atoms with van der Waals surface area (Å²) in [7, 11) is 0. The van der Waals surface area contributed by atoms with Crippen molar-refractivity contribution in [2.75, 3.05) is 19.6 Å². The van der Waals surface area contributed by atoms with Crippen LogP contribution in [0.2, 0.25) is 0 Å². The van der Waals surface area contributed by atoms with Crippen LogP contribution in [0.3, 0.4) is 0 Å². The van der Waals surface area contributed by atoms with E-state index in [2.05, 4.69) is 35.1 Å². The number of nitrogens with zero attached hydrogens (tertiary/aromatic N) is 1. The van der Waals surface area contributed by atoms with Crippen molar-refractivity contribution in [3.63, 3.8) is 0 Å². The summed E-state index contributed by atoms with van der Waals surface area (Å²) in [4.78, 5) is 14.5. The molecule has 0 saturated carbocycles. The summed E-state index contributed by atoms with van der Waals surface area (Å²) in [6.07, 6.45) is 3.89. The van der Waals surface area contributed by atoms with Gasteiger partial charge in [-0.1, -0.05) is 13.8 Å². The zero-order valence-corrected chi connectivity index (χ0v) is 13.1. The average molecular weight is 329 g/mol. The molecule has 1 amide bonds. The topological polar surface area (TPSA) is 45.5 Å². The first-order valence-corrected chi connectivity index (χ1v) is 7.63. The van der Waals surface area contributed by atoms with Crippen molar-refractivity contribution in [2.24, 2.45) is 5.92 Å². The van der Waals surface area contributed by atoms with Gasteiger partial charge in [-0.25, -0.2) is 0 Å². The number of carbonyl (C=O) groups excluding carboxylic acids is 1. The SMILES string of the molecule is CC(C)CN(CC1CCCN1)C(=O)c1ccoc1Br. The average Bonchev–Trinajstić information content (AvgIpc) is 2.98. The van der Waals surface area contributed by atoms with Crippen LogP contribution >= 0.6 is 15.9 Å². The second kappa shape index (κ2) is 6.57. The van der Waals surface area contributed by atoms with Crippen molar-refractivity contribution in [1.29, 1.82) is 0 Å². The van der Waals surface area contributed by atoms with Gasteiger partial charge in [-0.05, 0) is 47.3 Å². The zero-order chi connectivity index (χ0) is 13.8. The van der Waals surface area contributed by atoms with Crippen molar-refractivity contribution in [1.82, 2.24) is 10.2 Å². The maximum Gasteiger partial charge on any atom is 0.258 e. The second-order valence-corrected chi connectivity index (χ2v) is 6.23. The monoisotopic (exact) mass is 328 g/mol. The molecule has 106 valence electrons. The summed E-state index contributed by atoms with van der Waals surface area (Å²) in [6, 6.07) is 2.15. The van der Waals surface area contributed by atoms with Crippen LogP contribution in [0.1, 0.15) is 37.0 Å². The number of nitrogens with one attached hydrogen (secondary N) is 1. The predicted octanol–water partition coefficient (Wildman–Crippen LogP) is 2.89. The highest BCUT2D eigenvalue weighted by Crippen LogP contribution is 2.20. The first kappa shape index (κ1) is 14.6. The minimum absolute atomic E-state index is 0.0445. The molecule has 2 heterocycles. The van der Waals surface area contributed by atoms with Gasteiger partial charge in [0.05, 0.1) is 11.8 Å². The molecule has 1 aromatic heterocycles. The molecule has 2 rings (SSSR count). The third-order valence-corrected chi connectivity index (χ3v) is 3.94. The standard InChI is InChI=1S/C14H21BrN2O2/c1-10(2)8-17(9-11-4-3-6-16-11)14(18)12-5-7-19-13(12)15/h5,7,10-11,16H,3-4,6,8-9H2,1-2H3. The van der Waals surface area contributed by atoms with Crippen molar-refractivity contribution < 1.29 is 9.21 Å². The van der Waals surface area contributed by atoms with Crippen LogP contribution in [0.4, 0.5) is 0 Å². The van der Waals surface area contributed by atoms with E-state index in [9.17, 15) is 4.79 Å². The molecule has 0 bridgehead atoms. The number of hydrogen-bond donors (Lipinski definition) is 1. The molecule has 0 aromatic carbocycles. The van der Waals surface area contributed by atoms with E-state index in [0.29, 0.717) is 22.2 Å². The largest absolute Gasteiger partial charge is 0.457 e. The summed E-state index contributed by atoms with van der Waals surface area (Å²) in [6.45, 7) is 6.87. The summed E-state index contributed by atoms with van der Waals surface area (Å²) in [5.41, 5.74) is 0.610. The molecule has 0 spiro atoms. The fourth-order valence-corrected chi connectivity index (χ4v) is 2.89. The third-order valence-electron chi connectivity index (χ3n) is 3.32. The molecule has 0 radical (unpaired) electrons. The fourth-order valence-electron chi connectivity index (χ4n) is 2.48. The van der Waals surface area contributed by atoms with Crippen molar-refractivity contribution in [3.8, 4) is 0 Å². The molecule has 1 atom stereocenters. The Bertz CT molecular complexity index is 425. The normalized spacial score (nSPS) is 19.1. The molecule has 19 heavy (non-hydrogen) atoms. The molecule has 1 N–H and O–H groups in total. The highest BCUT2D eigenvalue weighted by molar-refractivity contribution is 9.10. The van der Waals surface area contributed by atoms with E-state index in [1.807, 2.05) is 4.90 Å². The summed E-state index contributed by atoms with van der Waals surface area (Å²) in [5.74, 6) is 0.499. The van der Waals surface area contributed by atoms with Crippen LogP contribution in [0.15, 0.2) is 21.4 Å². The first-order chi connectivity index (χ1) is 9.08. The molecular formula is C14H21BrN2O2. The van der Waals surface area contributed by atoms with Gasteiger partial charge >= 0.3 is 0 Å². The van der Waals surface area contributed by atoms with E-state index in [4.69, 9.17) is 4.42 Å². The van der Waals surface area contributed by atoms with Gasteiger partial charge in [0.2, 0.25) is 0 Å². The Labute approximate surface area is 122 Å². The minimum atomic E-state index is 0.0445. The van der Waals surface area contributed by atoms with Gasteiger partial charge in [0.25, 0.3) is 5.91 Å². The van der Waals surface area contributed by atoms with Gasteiger partial charge in [0.15, 0.2) is 4.67 Å². The molecule has 4 nitrogen and oxygen atoms in total. The van der Waals surface area contributed by atoms with Gasteiger partial charge < -0.3 is 14.6 Å². The fraction of sp³-hybridized carbons (Fsp3) is 0.643. The van der Waals surface area contributed by atoms with E-state index in [-0.39, 0.29) is 5.91 Å². The highest BCUT2D eigenvalue weighted by Gasteiger charge is 2.25. The number of carbonyl (C=O) groups is 1. The Kier molecular flexibility index (Phi) is 5.05. The van der Waals surface area contributed by atoms with E-state index >= 15 is 0 Å². The van der Waals surface area contributed by atoms with E-state index in [1.165, 1.54) is 6.42 Å². The smallest absolute Gasteiger partial charge is 0.258 e. The van der Waals surface area contributed by atoms with E-state index in [0.717, 1.165) is 26.1 Å². The predicted molar refractivity (Wildman–Crippen MR) is 78.2 cm³/mol. The number of hydrogen-bond acceptors (Lipinski definition) is 3. The molecule has 5 heteroatoms. The minimum Gasteiger partial charge on any atom is -0.457 e. The summed E-state index contributed by atoms with van der Waals surface area (Å²) < 4.78 is 5.68. The number of halogens is 1. The van der Waals surface area contributed by atoms with Crippen LogP contribution in [-0.4, -0.2) is 36.5 Å². The Morgan fingerprint density at radius 3 is 2.95 bits per heavy atom. The molecule has 1 aliphatic rings. The number of furan rings is 1. The second-order valence-electron chi connectivity index (χ2n) is 5.51. The summed E-state index contributed by atoms with van der Waals surface area (Å²) in [5, 5.41) is 3.45. The molecule has 1 fully saturated rings. The van der Waals surface area contributed by atoms with Crippen LogP contribution in [0.5, 0.6) is 0 Å². The van der Waals surface area contributed by atoms with Crippen LogP contribution in [0, 0.1) is 5.92 Å². The molecule has 0 aliphatic carbocycles. The van der Waals surface area contributed by atoms with Gasteiger partial charge in [-0.15, -0.1) is 0 Å². The third kappa shape index (κ3) is 3.83. The lowest BCUT2D eigenvalue weighted by Crippen LogP contribution is -2.42. The molecule has 1 saturated heterocycles. The van der Waals surface area contributed by atoms with Crippen molar-refractivity contribution in [2.45, 2.75) is 32.7 Å². The highest BCUT2D eigenvalue weighted by atomic mass is 79.9. The lowest BCUT2D eigenvalue weighted by molar-refractivity contribution is 0.0719. The Hall–Kier alpha value is -0.810. The van der Waals surface area contributed by atoms with Crippen LogP contribution < -0.4 is 5.32 Å². The maximum atomic E-state index is 12.6. The quantitative estimate of drug-likeness (QED) is 0.903. The molecule has 1 unspecified atom stereocenters. The Balaban J connectivity index is 2.07. The molecular weight excluding hydrogens is 308 g/mol. The number of amides is 1. The van der Waals surface area contributed by atoms with Gasteiger partial charge in [0.1, 0.15) is 0 Å². The first-order valence-electron chi connectivity index (χ1n) is 6.83.